The SMILES string of the molecule is COc1ccc(C)cc1C(C)NC(=O)Nc1ccnc(C(=O)N(C)C)c1. The van der Waals surface area contributed by atoms with Crippen LogP contribution in [0, 0.1) is 6.92 Å². The highest BCUT2D eigenvalue weighted by Crippen LogP contribution is 2.26. The number of amides is 3. The van der Waals surface area contributed by atoms with E-state index >= 15 is 0 Å². The van der Waals surface area contributed by atoms with Crippen molar-refractivity contribution in [3.63, 3.8) is 0 Å². The van der Waals surface area contributed by atoms with E-state index in [2.05, 4.69) is 15.6 Å². The van der Waals surface area contributed by atoms with Crippen molar-refractivity contribution >= 4 is 17.6 Å². The number of benzene rings is 1. The van der Waals surface area contributed by atoms with Gasteiger partial charge in [0.25, 0.3) is 5.91 Å². The predicted molar refractivity (Wildman–Crippen MR) is 101 cm³/mol. The number of nitrogens with zero attached hydrogens (tertiary/aromatic N) is 2. The van der Waals surface area contributed by atoms with Crippen LogP contribution in [0.3, 0.4) is 0 Å². The summed E-state index contributed by atoms with van der Waals surface area (Å²) in [6, 6.07) is 8.34. The van der Waals surface area contributed by atoms with Gasteiger partial charge in [-0.15, -0.1) is 0 Å². The van der Waals surface area contributed by atoms with Gasteiger partial charge >= 0.3 is 6.03 Å². The van der Waals surface area contributed by atoms with Gasteiger partial charge in [-0.25, -0.2) is 4.79 Å². The van der Waals surface area contributed by atoms with E-state index in [1.165, 1.54) is 11.1 Å². The maximum atomic E-state index is 12.3. The average molecular weight is 356 g/mol. The van der Waals surface area contributed by atoms with E-state index in [1.54, 1.807) is 33.3 Å². The molecule has 1 aromatic heterocycles. The lowest BCUT2D eigenvalue weighted by Gasteiger charge is -2.18. The van der Waals surface area contributed by atoms with Gasteiger partial charge < -0.3 is 20.3 Å². The fraction of sp³-hybridized carbons (Fsp3) is 0.316. The van der Waals surface area contributed by atoms with Crippen LogP contribution >= 0.6 is 0 Å². The Morgan fingerprint density at radius 2 is 1.92 bits per heavy atom. The lowest BCUT2D eigenvalue weighted by atomic mass is 10.0. The fourth-order valence-electron chi connectivity index (χ4n) is 2.49. The third-order valence-electron chi connectivity index (χ3n) is 3.84. The average Bonchev–Trinajstić information content (AvgIpc) is 2.60. The van der Waals surface area contributed by atoms with Gasteiger partial charge in [-0.05, 0) is 32.0 Å². The molecule has 2 rings (SSSR count). The Hall–Kier alpha value is -3.09. The van der Waals surface area contributed by atoms with E-state index in [4.69, 9.17) is 4.74 Å². The first-order valence-corrected chi connectivity index (χ1v) is 8.21. The van der Waals surface area contributed by atoms with E-state index in [0.717, 1.165) is 11.1 Å². The molecule has 2 N–H and O–H groups in total. The minimum atomic E-state index is -0.379. The molecule has 1 aromatic carbocycles. The highest BCUT2D eigenvalue weighted by atomic mass is 16.5. The molecule has 0 fully saturated rings. The van der Waals surface area contributed by atoms with Crippen molar-refractivity contribution in [3.8, 4) is 5.75 Å². The number of rotatable bonds is 5. The van der Waals surface area contributed by atoms with Crippen LogP contribution in [0.2, 0.25) is 0 Å². The van der Waals surface area contributed by atoms with Gasteiger partial charge in [0.1, 0.15) is 11.4 Å². The number of aromatic nitrogens is 1. The molecule has 1 atom stereocenters. The van der Waals surface area contributed by atoms with Crippen molar-refractivity contribution in [1.82, 2.24) is 15.2 Å². The summed E-state index contributed by atoms with van der Waals surface area (Å²) in [5.74, 6) is 0.484. The summed E-state index contributed by atoms with van der Waals surface area (Å²) >= 11 is 0. The van der Waals surface area contributed by atoms with Gasteiger partial charge in [-0.1, -0.05) is 17.7 Å². The molecule has 7 heteroatoms. The van der Waals surface area contributed by atoms with E-state index in [9.17, 15) is 9.59 Å². The summed E-state index contributed by atoms with van der Waals surface area (Å²) in [5.41, 5.74) is 2.73. The third-order valence-corrected chi connectivity index (χ3v) is 3.84. The van der Waals surface area contributed by atoms with Crippen molar-refractivity contribution in [2.24, 2.45) is 0 Å². The van der Waals surface area contributed by atoms with E-state index in [0.29, 0.717) is 11.4 Å². The fourth-order valence-corrected chi connectivity index (χ4v) is 2.49. The van der Waals surface area contributed by atoms with Crippen LogP contribution in [0.4, 0.5) is 10.5 Å². The summed E-state index contributed by atoms with van der Waals surface area (Å²) in [6.07, 6.45) is 1.49. The Labute approximate surface area is 153 Å². The predicted octanol–water partition coefficient (Wildman–Crippen LogP) is 2.98. The molecule has 0 saturated heterocycles. The molecule has 0 saturated carbocycles. The molecule has 1 heterocycles. The number of nitrogens with one attached hydrogen (secondary N) is 2. The van der Waals surface area contributed by atoms with Crippen LogP contribution in [0.25, 0.3) is 0 Å². The largest absolute Gasteiger partial charge is 0.496 e. The van der Waals surface area contributed by atoms with Gasteiger partial charge in [-0.2, -0.15) is 0 Å². The quantitative estimate of drug-likeness (QED) is 0.863. The lowest BCUT2D eigenvalue weighted by molar-refractivity contribution is 0.0822. The van der Waals surface area contributed by atoms with Gasteiger partial charge in [0.2, 0.25) is 0 Å². The lowest BCUT2D eigenvalue weighted by Crippen LogP contribution is -2.31. The molecule has 0 radical (unpaired) electrons. The molecular weight excluding hydrogens is 332 g/mol. The third kappa shape index (κ3) is 4.72. The second-order valence-corrected chi connectivity index (χ2v) is 6.19. The van der Waals surface area contributed by atoms with Crippen molar-refractivity contribution in [2.45, 2.75) is 19.9 Å². The zero-order valence-corrected chi connectivity index (χ0v) is 15.7. The number of aryl methyl sites for hydroxylation is 1. The van der Waals surface area contributed by atoms with Crippen LogP contribution in [0.15, 0.2) is 36.5 Å². The van der Waals surface area contributed by atoms with Gasteiger partial charge in [0, 0.05) is 31.5 Å². The minimum absolute atomic E-state index is 0.230. The van der Waals surface area contributed by atoms with E-state index in [-0.39, 0.29) is 23.7 Å². The number of urea groups is 1. The number of pyridine rings is 1. The first kappa shape index (κ1) is 19.2. The summed E-state index contributed by atoms with van der Waals surface area (Å²) in [7, 11) is 4.89. The van der Waals surface area contributed by atoms with Gasteiger partial charge in [-0.3, -0.25) is 9.78 Å². The van der Waals surface area contributed by atoms with E-state index in [1.807, 2.05) is 32.0 Å². The Kier molecular flexibility index (Phi) is 6.16. The summed E-state index contributed by atoms with van der Waals surface area (Å²) < 4.78 is 5.36. The second kappa shape index (κ2) is 8.33. The number of carbonyl (C=O) groups is 2. The Balaban J connectivity index is 2.08. The molecule has 138 valence electrons. The van der Waals surface area contributed by atoms with Crippen molar-refractivity contribution < 1.29 is 14.3 Å². The summed E-state index contributed by atoms with van der Waals surface area (Å²) in [5, 5.41) is 5.60. The maximum Gasteiger partial charge on any atom is 0.319 e. The van der Waals surface area contributed by atoms with E-state index < -0.39 is 0 Å². The highest BCUT2D eigenvalue weighted by Gasteiger charge is 2.15. The zero-order valence-electron chi connectivity index (χ0n) is 15.7. The highest BCUT2D eigenvalue weighted by molar-refractivity contribution is 5.95. The number of methoxy groups -OCH3 is 1. The number of hydrogen-bond donors (Lipinski definition) is 2. The van der Waals surface area contributed by atoms with Crippen LogP contribution in [-0.4, -0.2) is 43.0 Å². The molecular formula is C19H24N4O3. The molecule has 3 amide bonds. The minimum Gasteiger partial charge on any atom is -0.496 e. The number of ether oxygens (including phenoxy) is 1. The number of carbonyl (C=O) groups excluding carboxylic acids is 2. The van der Waals surface area contributed by atoms with Crippen molar-refractivity contribution in [1.29, 1.82) is 0 Å². The molecule has 1 unspecified atom stereocenters. The molecule has 0 aliphatic rings. The summed E-state index contributed by atoms with van der Waals surface area (Å²) in [6.45, 7) is 3.86. The Morgan fingerprint density at radius 1 is 1.19 bits per heavy atom. The topological polar surface area (TPSA) is 83.6 Å². The monoisotopic (exact) mass is 356 g/mol. The van der Waals surface area contributed by atoms with Crippen molar-refractivity contribution in [3.05, 3.63) is 53.3 Å². The van der Waals surface area contributed by atoms with Crippen LogP contribution < -0.4 is 15.4 Å². The van der Waals surface area contributed by atoms with Gasteiger partial charge in [0.05, 0.1) is 13.2 Å². The number of hydrogen-bond acceptors (Lipinski definition) is 4. The Morgan fingerprint density at radius 3 is 2.58 bits per heavy atom. The van der Waals surface area contributed by atoms with Gasteiger partial charge in [0.15, 0.2) is 0 Å². The maximum absolute atomic E-state index is 12.3. The molecule has 26 heavy (non-hydrogen) atoms. The molecule has 0 aliphatic carbocycles. The first-order valence-electron chi connectivity index (χ1n) is 8.21. The molecule has 7 nitrogen and oxygen atoms in total. The van der Waals surface area contributed by atoms with Crippen LogP contribution in [0.5, 0.6) is 5.75 Å². The standard InChI is InChI=1S/C19H24N4O3/c1-12-6-7-17(26-5)15(10-12)13(2)21-19(25)22-14-8-9-20-16(11-14)18(24)23(3)4/h6-11,13H,1-5H3,(H2,20,21,22,25). The van der Waals surface area contributed by atoms with Crippen LogP contribution in [-0.2, 0) is 0 Å². The second-order valence-electron chi connectivity index (χ2n) is 6.19. The summed E-state index contributed by atoms with van der Waals surface area (Å²) in [4.78, 5) is 29.7. The van der Waals surface area contributed by atoms with Crippen LogP contribution in [0.1, 0.15) is 34.6 Å². The molecule has 0 bridgehead atoms. The van der Waals surface area contributed by atoms with Crippen molar-refractivity contribution in [2.75, 3.05) is 26.5 Å². The smallest absolute Gasteiger partial charge is 0.319 e. The Bertz CT molecular complexity index is 805. The zero-order chi connectivity index (χ0) is 19.3. The molecule has 0 aliphatic heterocycles. The molecule has 0 spiro atoms. The molecule has 2 aromatic rings. The number of anilines is 1. The first-order chi connectivity index (χ1) is 12.3. The normalized spacial score (nSPS) is 11.4.